The van der Waals surface area contributed by atoms with Crippen LogP contribution in [0.4, 0.5) is 5.13 Å². The van der Waals surface area contributed by atoms with Crippen LogP contribution in [0.15, 0.2) is 46.2 Å². The molecule has 3 amide bonds. The minimum absolute atomic E-state index is 0.0300. The highest BCUT2D eigenvalue weighted by atomic mass is 32.2. The highest BCUT2D eigenvalue weighted by Gasteiger charge is 2.31. The third kappa shape index (κ3) is 5.39. The molecule has 1 atom stereocenters. The average molecular weight is 487 g/mol. The predicted octanol–water partition coefficient (Wildman–Crippen LogP) is 3.51. The molecule has 0 bridgehead atoms. The monoisotopic (exact) mass is 486 g/mol. The summed E-state index contributed by atoms with van der Waals surface area (Å²) in [4.78, 5) is 45.9. The van der Waals surface area contributed by atoms with Gasteiger partial charge < -0.3 is 19.9 Å². The summed E-state index contributed by atoms with van der Waals surface area (Å²) in [6.07, 6.45) is 4.92. The van der Waals surface area contributed by atoms with Crippen LogP contribution in [0.1, 0.15) is 30.1 Å². The summed E-state index contributed by atoms with van der Waals surface area (Å²) in [5, 5.41) is 3.44. The quantitative estimate of drug-likeness (QED) is 0.602. The van der Waals surface area contributed by atoms with E-state index in [-0.39, 0.29) is 29.7 Å². The van der Waals surface area contributed by atoms with Gasteiger partial charge in [-0.1, -0.05) is 29.7 Å². The fourth-order valence-electron chi connectivity index (χ4n) is 3.71. The molecule has 1 saturated carbocycles. The first-order chi connectivity index (χ1) is 15.9. The standard InChI is InChI=1S/C23H26N4O4S2/c1-4-19(28)27-10-9-26(13-14(27)2)22(30)17-11-16(7-8-18(17)31-3)32-20-12-24-23(33-20)25-21(29)15-5-6-15/h4,7-8,11-12,14-15H,1,5-6,9-10,13H2,2-3H3,(H,24,25,29). The molecule has 1 aliphatic carbocycles. The topological polar surface area (TPSA) is 91.8 Å². The van der Waals surface area contributed by atoms with Crippen LogP contribution in [-0.2, 0) is 9.59 Å². The van der Waals surface area contributed by atoms with Crippen LogP contribution < -0.4 is 10.1 Å². The molecule has 4 rings (SSSR count). The Labute approximate surface area is 201 Å². The van der Waals surface area contributed by atoms with E-state index in [9.17, 15) is 14.4 Å². The number of carbonyl (C=O) groups excluding carboxylic acids is 3. The highest BCUT2D eigenvalue weighted by molar-refractivity contribution is 8.01. The number of aromatic nitrogens is 1. The number of methoxy groups -OCH3 is 1. The molecule has 1 N–H and O–H groups in total. The molecule has 0 radical (unpaired) electrons. The van der Waals surface area contributed by atoms with Crippen molar-refractivity contribution in [1.29, 1.82) is 0 Å². The fourth-order valence-corrected chi connectivity index (χ4v) is 5.60. The maximum Gasteiger partial charge on any atom is 0.257 e. The minimum Gasteiger partial charge on any atom is -0.496 e. The smallest absolute Gasteiger partial charge is 0.257 e. The molecule has 1 unspecified atom stereocenters. The lowest BCUT2D eigenvalue weighted by Gasteiger charge is -2.39. The van der Waals surface area contributed by atoms with Gasteiger partial charge >= 0.3 is 0 Å². The summed E-state index contributed by atoms with van der Waals surface area (Å²) < 4.78 is 6.36. The van der Waals surface area contributed by atoms with E-state index in [2.05, 4.69) is 16.9 Å². The lowest BCUT2D eigenvalue weighted by atomic mass is 10.1. The number of carbonyl (C=O) groups is 3. The van der Waals surface area contributed by atoms with Crippen LogP contribution in [0.3, 0.4) is 0 Å². The average Bonchev–Trinajstić information content (AvgIpc) is 3.59. The van der Waals surface area contributed by atoms with E-state index in [1.807, 2.05) is 19.1 Å². The van der Waals surface area contributed by atoms with Crippen molar-refractivity contribution in [1.82, 2.24) is 14.8 Å². The Balaban J connectivity index is 1.46. The molecule has 1 aromatic carbocycles. The van der Waals surface area contributed by atoms with E-state index in [1.165, 1.54) is 29.2 Å². The van der Waals surface area contributed by atoms with Crippen LogP contribution >= 0.6 is 23.1 Å². The van der Waals surface area contributed by atoms with Gasteiger partial charge in [0.15, 0.2) is 5.13 Å². The summed E-state index contributed by atoms with van der Waals surface area (Å²) in [6, 6.07) is 5.40. The normalized spacial score (nSPS) is 18.1. The Morgan fingerprint density at radius 3 is 2.76 bits per heavy atom. The molecule has 2 aliphatic rings. The van der Waals surface area contributed by atoms with Gasteiger partial charge in [0.2, 0.25) is 11.8 Å². The van der Waals surface area contributed by atoms with Crippen molar-refractivity contribution in [3.05, 3.63) is 42.6 Å². The van der Waals surface area contributed by atoms with Crippen molar-refractivity contribution in [3.63, 3.8) is 0 Å². The molecule has 2 aromatic rings. The molecule has 1 aliphatic heterocycles. The van der Waals surface area contributed by atoms with E-state index >= 15 is 0 Å². The number of nitrogens with one attached hydrogen (secondary N) is 1. The lowest BCUT2D eigenvalue weighted by Crippen LogP contribution is -2.55. The van der Waals surface area contributed by atoms with Gasteiger partial charge in [0.25, 0.3) is 5.91 Å². The van der Waals surface area contributed by atoms with Crippen LogP contribution in [0, 0.1) is 5.92 Å². The maximum absolute atomic E-state index is 13.3. The van der Waals surface area contributed by atoms with Crippen molar-refractivity contribution in [2.24, 2.45) is 5.92 Å². The minimum atomic E-state index is -0.131. The summed E-state index contributed by atoms with van der Waals surface area (Å²) in [5.41, 5.74) is 0.477. The molecule has 2 fully saturated rings. The Kier molecular flexibility index (Phi) is 7.04. The van der Waals surface area contributed by atoms with Crippen LogP contribution in [0.5, 0.6) is 5.75 Å². The van der Waals surface area contributed by atoms with Gasteiger partial charge in [-0.25, -0.2) is 4.98 Å². The molecule has 2 heterocycles. The first kappa shape index (κ1) is 23.3. The number of hydrogen-bond acceptors (Lipinski definition) is 7. The van der Waals surface area contributed by atoms with Crippen LogP contribution in [-0.4, -0.2) is 65.3 Å². The summed E-state index contributed by atoms with van der Waals surface area (Å²) in [6.45, 7) is 6.83. The molecule has 0 spiro atoms. The van der Waals surface area contributed by atoms with Gasteiger partial charge in [-0.3, -0.25) is 14.4 Å². The highest BCUT2D eigenvalue weighted by Crippen LogP contribution is 2.37. The Morgan fingerprint density at radius 1 is 1.30 bits per heavy atom. The zero-order valence-corrected chi connectivity index (χ0v) is 20.2. The number of nitrogens with zero attached hydrogens (tertiary/aromatic N) is 3. The van der Waals surface area contributed by atoms with Gasteiger partial charge in [-0.2, -0.15) is 0 Å². The third-order valence-corrected chi connectivity index (χ3v) is 7.66. The molecule has 1 saturated heterocycles. The third-order valence-electron chi connectivity index (χ3n) is 5.65. The van der Waals surface area contributed by atoms with E-state index in [0.717, 1.165) is 21.9 Å². The van der Waals surface area contributed by atoms with Gasteiger partial charge in [0, 0.05) is 36.5 Å². The first-order valence-corrected chi connectivity index (χ1v) is 12.4. The summed E-state index contributed by atoms with van der Waals surface area (Å²) in [7, 11) is 1.54. The Morgan fingerprint density at radius 2 is 2.09 bits per heavy atom. The summed E-state index contributed by atoms with van der Waals surface area (Å²) >= 11 is 2.89. The number of benzene rings is 1. The zero-order valence-electron chi connectivity index (χ0n) is 18.6. The van der Waals surface area contributed by atoms with E-state index < -0.39 is 0 Å². The molecular formula is C23H26N4O4S2. The van der Waals surface area contributed by atoms with Crippen molar-refractivity contribution in [2.45, 2.75) is 34.9 Å². The number of anilines is 1. The van der Waals surface area contributed by atoms with Crippen LogP contribution in [0.2, 0.25) is 0 Å². The second kappa shape index (κ2) is 9.96. The van der Waals surface area contributed by atoms with Gasteiger partial charge in [0.05, 0.1) is 23.1 Å². The molecule has 33 heavy (non-hydrogen) atoms. The molecule has 8 nitrogen and oxygen atoms in total. The zero-order chi connectivity index (χ0) is 23.5. The largest absolute Gasteiger partial charge is 0.496 e. The number of rotatable bonds is 7. The number of hydrogen-bond donors (Lipinski definition) is 1. The van der Waals surface area contributed by atoms with Crippen molar-refractivity contribution >= 4 is 46.0 Å². The second-order valence-corrected chi connectivity index (χ2v) is 10.5. The number of thiazole rings is 1. The number of ether oxygens (including phenoxy) is 1. The molecule has 10 heteroatoms. The van der Waals surface area contributed by atoms with Crippen molar-refractivity contribution in [2.75, 3.05) is 32.1 Å². The van der Waals surface area contributed by atoms with E-state index in [1.54, 1.807) is 29.2 Å². The molecular weight excluding hydrogens is 460 g/mol. The molecule has 174 valence electrons. The van der Waals surface area contributed by atoms with Crippen LogP contribution in [0.25, 0.3) is 0 Å². The molecule has 1 aromatic heterocycles. The SMILES string of the molecule is C=CC(=O)N1CCN(C(=O)c2cc(Sc3cnc(NC(=O)C4CC4)s3)ccc2OC)CC1C. The first-order valence-electron chi connectivity index (χ1n) is 10.7. The van der Waals surface area contributed by atoms with Gasteiger partial charge in [0.1, 0.15) is 5.75 Å². The lowest BCUT2D eigenvalue weighted by molar-refractivity contribution is -0.129. The Hall–Kier alpha value is -2.85. The number of piperazine rings is 1. The van der Waals surface area contributed by atoms with E-state index in [4.69, 9.17) is 4.74 Å². The second-order valence-electron chi connectivity index (χ2n) is 8.05. The van der Waals surface area contributed by atoms with Gasteiger partial charge in [-0.05, 0) is 44.0 Å². The van der Waals surface area contributed by atoms with Crippen molar-refractivity contribution < 1.29 is 19.1 Å². The number of amides is 3. The Bertz CT molecular complexity index is 1080. The van der Waals surface area contributed by atoms with Gasteiger partial charge in [-0.15, -0.1) is 0 Å². The van der Waals surface area contributed by atoms with E-state index in [0.29, 0.717) is 36.1 Å². The predicted molar refractivity (Wildman–Crippen MR) is 128 cm³/mol. The fraction of sp³-hybridized carbons (Fsp3) is 0.391. The van der Waals surface area contributed by atoms with Crippen molar-refractivity contribution in [3.8, 4) is 5.75 Å². The maximum atomic E-state index is 13.3. The summed E-state index contributed by atoms with van der Waals surface area (Å²) in [5.74, 6) is 0.404.